The van der Waals surface area contributed by atoms with Crippen molar-refractivity contribution in [1.29, 1.82) is 0 Å². The number of aliphatic hydroxyl groups excluding tert-OH is 1. The molecule has 1 atom stereocenters. The molecule has 1 rings (SSSR count). The fraction of sp³-hybridized carbons (Fsp3) is 0.462. The monoisotopic (exact) mass is 329 g/mol. The van der Waals surface area contributed by atoms with Gasteiger partial charge in [0.2, 0.25) is 5.91 Å². The molecule has 0 aliphatic rings. The number of carbonyl (C=O) groups excluding carboxylic acids is 1. The summed E-state index contributed by atoms with van der Waals surface area (Å²) in [6.45, 7) is -0.474. The second kappa shape index (κ2) is 6.99. The van der Waals surface area contributed by atoms with E-state index in [1.165, 1.54) is 6.07 Å². The van der Waals surface area contributed by atoms with Crippen molar-refractivity contribution < 1.29 is 36.2 Å². The SMILES string of the molecule is O=C(CCC(F)(F)F)NCC(O)c1cccc(C(F)(F)F)c1. The minimum Gasteiger partial charge on any atom is -0.387 e. The lowest BCUT2D eigenvalue weighted by atomic mass is 10.1. The highest BCUT2D eigenvalue weighted by Gasteiger charge is 2.31. The Morgan fingerprint density at radius 2 is 1.82 bits per heavy atom. The van der Waals surface area contributed by atoms with Crippen LogP contribution in [0.1, 0.15) is 30.1 Å². The maximum Gasteiger partial charge on any atom is 0.416 e. The first-order valence-corrected chi connectivity index (χ1v) is 6.18. The molecule has 0 aliphatic heterocycles. The summed E-state index contributed by atoms with van der Waals surface area (Å²) < 4.78 is 73.2. The first-order chi connectivity index (χ1) is 9.99. The zero-order valence-corrected chi connectivity index (χ0v) is 11.1. The molecule has 0 bridgehead atoms. The van der Waals surface area contributed by atoms with E-state index in [2.05, 4.69) is 0 Å². The molecule has 0 radical (unpaired) electrons. The van der Waals surface area contributed by atoms with E-state index in [1.54, 1.807) is 0 Å². The normalized spacial score (nSPS) is 13.8. The van der Waals surface area contributed by atoms with Crippen molar-refractivity contribution in [3.8, 4) is 0 Å². The average molecular weight is 329 g/mol. The van der Waals surface area contributed by atoms with Crippen molar-refractivity contribution in [1.82, 2.24) is 5.32 Å². The Balaban J connectivity index is 2.56. The Labute approximate surface area is 121 Å². The predicted molar refractivity (Wildman–Crippen MR) is 64.7 cm³/mol. The molecule has 0 heterocycles. The van der Waals surface area contributed by atoms with Gasteiger partial charge in [-0.05, 0) is 17.7 Å². The minimum absolute atomic E-state index is 0.0917. The van der Waals surface area contributed by atoms with Gasteiger partial charge >= 0.3 is 12.4 Å². The maximum absolute atomic E-state index is 12.5. The van der Waals surface area contributed by atoms with E-state index in [9.17, 15) is 36.2 Å². The predicted octanol–water partition coefficient (Wildman–Crippen LogP) is 3.20. The smallest absolute Gasteiger partial charge is 0.387 e. The molecule has 124 valence electrons. The van der Waals surface area contributed by atoms with Crippen LogP contribution < -0.4 is 5.32 Å². The van der Waals surface area contributed by atoms with Gasteiger partial charge < -0.3 is 10.4 Å². The number of carbonyl (C=O) groups is 1. The molecule has 2 N–H and O–H groups in total. The van der Waals surface area contributed by atoms with Gasteiger partial charge in [-0.2, -0.15) is 26.3 Å². The number of halogens is 6. The second-order valence-corrected chi connectivity index (χ2v) is 4.56. The van der Waals surface area contributed by atoms with Crippen LogP contribution in [0.4, 0.5) is 26.3 Å². The summed E-state index contributed by atoms with van der Waals surface area (Å²) >= 11 is 0. The van der Waals surface area contributed by atoms with Crippen LogP contribution in [0.25, 0.3) is 0 Å². The third-order valence-electron chi connectivity index (χ3n) is 2.73. The molecule has 0 aliphatic carbocycles. The quantitative estimate of drug-likeness (QED) is 0.815. The standard InChI is InChI=1S/C13H13F6NO2/c14-12(15,16)5-4-11(22)20-7-10(21)8-2-1-3-9(6-8)13(17,18)19/h1-3,6,10,21H,4-5,7H2,(H,20,22). The van der Waals surface area contributed by atoms with Crippen LogP contribution >= 0.6 is 0 Å². The molecule has 0 aromatic heterocycles. The number of rotatable bonds is 5. The fourth-order valence-electron chi connectivity index (χ4n) is 1.59. The fourth-order valence-corrected chi connectivity index (χ4v) is 1.59. The van der Waals surface area contributed by atoms with Gasteiger partial charge in [0.1, 0.15) is 0 Å². The first-order valence-electron chi connectivity index (χ1n) is 6.18. The van der Waals surface area contributed by atoms with Crippen molar-refractivity contribution in [2.75, 3.05) is 6.54 Å². The largest absolute Gasteiger partial charge is 0.416 e. The van der Waals surface area contributed by atoms with Crippen LogP contribution in [-0.2, 0) is 11.0 Å². The van der Waals surface area contributed by atoms with E-state index in [1.807, 2.05) is 5.32 Å². The Morgan fingerprint density at radius 1 is 1.18 bits per heavy atom. The van der Waals surface area contributed by atoms with Gasteiger partial charge in [0, 0.05) is 13.0 Å². The summed E-state index contributed by atoms with van der Waals surface area (Å²) in [6, 6.07) is 3.85. The summed E-state index contributed by atoms with van der Waals surface area (Å²) in [5.74, 6) is -0.941. The molecule has 1 amide bonds. The molecular formula is C13H13F6NO2. The third-order valence-corrected chi connectivity index (χ3v) is 2.73. The zero-order chi connectivity index (χ0) is 17.0. The number of hydrogen-bond acceptors (Lipinski definition) is 2. The molecule has 22 heavy (non-hydrogen) atoms. The lowest BCUT2D eigenvalue weighted by molar-refractivity contribution is -0.144. The van der Waals surface area contributed by atoms with E-state index < -0.39 is 49.3 Å². The Hall–Kier alpha value is -1.77. The molecule has 3 nitrogen and oxygen atoms in total. The van der Waals surface area contributed by atoms with Crippen molar-refractivity contribution in [3.63, 3.8) is 0 Å². The molecule has 0 saturated heterocycles. The number of amides is 1. The highest BCUT2D eigenvalue weighted by atomic mass is 19.4. The average Bonchev–Trinajstić information content (AvgIpc) is 2.41. The van der Waals surface area contributed by atoms with Crippen molar-refractivity contribution >= 4 is 5.91 Å². The lowest BCUT2D eigenvalue weighted by Gasteiger charge is -2.14. The second-order valence-electron chi connectivity index (χ2n) is 4.56. The van der Waals surface area contributed by atoms with Gasteiger partial charge in [-0.25, -0.2) is 0 Å². The van der Waals surface area contributed by atoms with Crippen LogP contribution in [0.2, 0.25) is 0 Å². The van der Waals surface area contributed by atoms with Gasteiger partial charge in [0.15, 0.2) is 0 Å². The van der Waals surface area contributed by atoms with E-state index in [-0.39, 0.29) is 5.56 Å². The van der Waals surface area contributed by atoms with Crippen LogP contribution in [-0.4, -0.2) is 23.7 Å². The molecule has 0 fully saturated rings. The molecule has 9 heteroatoms. The summed E-state index contributed by atoms with van der Waals surface area (Å²) in [6.07, 6.45) is -12.6. The third kappa shape index (κ3) is 6.33. The number of alkyl halides is 6. The Morgan fingerprint density at radius 3 is 2.36 bits per heavy atom. The van der Waals surface area contributed by atoms with Gasteiger partial charge in [0.05, 0.1) is 18.1 Å². The summed E-state index contributed by atoms with van der Waals surface area (Å²) in [5, 5.41) is 11.7. The minimum atomic E-state index is -4.58. The van der Waals surface area contributed by atoms with Gasteiger partial charge in [-0.3, -0.25) is 4.79 Å². The summed E-state index contributed by atoms with van der Waals surface area (Å²) in [7, 11) is 0. The molecule has 1 aromatic rings. The van der Waals surface area contributed by atoms with Crippen LogP contribution in [0.3, 0.4) is 0 Å². The summed E-state index contributed by atoms with van der Waals surface area (Å²) in [5.41, 5.74) is -1.06. The van der Waals surface area contributed by atoms with Crippen LogP contribution in [0.15, 0.2) is 24.3 Å². The molecule has 1 unspecified atom stereocenters. The molecular weight excluding hydrogens is 316 g/mol. The maximum atomic E-state index is 12.5. The Kier molecular flexibility index (Phi) is 5.81. The van der Waals surface area contributed by atoms with Gasteiger partial charge in [-0.15, -0.1) is 0 Å². The van der Waals surface area contributed by atoms with Crippen LogP contribution in [0, 0.1) is 0 Å². The topological polar surface area (TPSA) is 49.3 Å². The van der Waals surface area contributed by atoms with Gasteiger partial charge in [0.25, 0.3) is 0 Å². The molecule has 1 aromatic carbocycles. The van der Waals surface area contributed by atoms with Crippen molar-refractivity contribution in [3.05, 3.63) is 35.4 Å². The zero-order valence-electron chi connectivity index (χ0n) is 11.1. The molecule has 0 saturated carbocycles. The first kappa shape index (κ1) is 18.3. The summed E-state index contributed by atoms with van der Waals surface area (Å²) in [4.78, 5) is 11.1. The lowest BCUT2D eigenvalue weighted by Crippen LogP contribution is -2.29. The number of aliphatic hydroxyl groups is 1. The number of benzene rings is 1. The van der Waals surface area contributed by atoms with E-state index in [0.717, 1.165) is 12.1 Å². The van der Waals surface area contributed by atoms with E-state index in [0.29, 0.717) is 6.07 Å². The highest BCUT2D eigenvalue weighted by molar-refractivity contribution is 5.75. The Bertz CT molecular complexity index is 512. The van der Waals surface area contributed by atoms with Crippen molar-refractivity contribution in [2.24, 2.45) is 0 Å². The van der Waals surface area contributed by atoms with Crippen molar-refractivity contribution in [2.45, 2.75) is 31.3 Å². The number of nitrogens with one attached hydrogen (secondary N) is 1. The molecule has 0 spiro atoms. The van der Waals surface area contributed by atoms with E-state index in [4.69, 9.17) is 0 Å². The van der Waals surface area contributed by atoms with Gasteiger partial charge in [-0.1, -0.05) is 12.1 Å². The van der Waals surface area contributed by atoms with E-state index >= 15 is 0 Å². The highest BCUT2D eigenvalue weighted by Crippen LogP contribution is 2.30. The van der Waals surface area contributed by atoms with Crippen LogP contribution in [0.5, 0.6) is 0 Å². The number of hydrogen-bond donors (Lipinski definition) is 2.